The van der Waals surface area contributed by atoms with Crippen LogP contribution in [0, 0.1) is 11.3 Å². The van der Waals surface area contributed by atoms with E-state index in [1.807, 2.05) is 30.3 Å². The summed E-state index contributed by atoms with van der Waals surface area (Å²) in [6.07, 6.45) is 3.11. The maximum Gasteiger partial charge on any atom is 0.367 e. The van der Waals surface area contributed by atoms with Gasteiger partial charge in [0.05, 0.1) is 24.0 Å². The fraction of sp³-hybridized carbons (Fsp3) is 0.0417. The van der Waals surface area contributed by atoms with Gasteiger partial charge in [0.2, 0.25) is 0 Å². The molecule has 5 aromatic rings. The van der Waals surface area contributed by atoms with Crippen molar-refractivity contribution in [2.24, 2.45) is 0 Å². The molecule has 0 aliphatic carbocycles. The number of aromatic nitrogens is 5. The average molecular weight is 473 g/mol. The summed E-state index contributed by atoms with van der Waals surface area (Å²) in [6, 6.07) is 20.1. The van der Waals surface area contributed by atoms with E-state index in [4.69, 9.17) is 28.5 Å². The molecular weight excluding hydrogens is 459 g/mol. The Morgan fingerprint density at radius 1 is 0.879 bits per heavy atom. The van der Waals surface area contributed by atoms with Gasteiger partial charge in [-0.3, -0.25) is 4.98 Å². The Kier molecular flexibility index (Phi) is 5.38. The lowest BCUT2D eigenvalue weighted by atomic mass is 9.97. The summed E-state index contributed by atoms with van der Waals surface area (Å²) < 4.78 is 2.58. The van der Waals surface area contributed by atoms with E-state index in [-0.39, 0.29) is 6.54 Å². The number of benzene rings is 2. The van der Waals surface area contributed by atoms with Crippen LogP contribution in [0.2, 0.25) is 10.0 Å². The third-order valence-corrected chi connectivity index (χ3v) is 5.67. The number of hydrogen-bond donors (Lipinski definition) is 0. The van der Waals surface area contributed by atoms with Crippen molar-refractivity contribution in [3.63, 3.8) is 0 Å². The number of nitrogens with zero attached hydrogens (tertiary/aromatic N) is 6. The van der Waals surface area contributed by atoms with E-state index in [0.29, 0.717) is 26.9 Å². The number of fused-ring (bicyclic) bond motifs is 1. The van der Waals surface area contributed by atoms with E-state index in [1.165, 1.54) is 15.4 Å². The minimum Gasteiger partial charge on any atom is -0.258 e. The fourth-order valence-corrected chi connectivity index (χ4v) is 3.80. The molecule has 0 radical (unpaired) electrons. The monoisotopic (exact) mass is 472 g/mol. The number of nitriles is 1. The molecular formula is C24H14Cl2N6O. The van der Waals surface area contributed by atoms with Crippen molar-refractivity contribution in [1.29, 1.82) is 5.26 Å². The zero-order valence-electron chi connectivity index (χ0n) is 17.0. The zero-order chi connectivity index (χ0) is 22.9. The third kappa shape index (κ3) is 3.98. The Morgan fingerprint density at radius 2 is 1.55 bits per heavy atom. The van der Waals surface area contributed by atoms with Gasteiger partial charge in [-0.2, -0.15) is 14.9 Å². The molecule has 0 aliphatic rings. The maximum atomic E-state index is 13.1. The minimum atomic E-state index is -0.394. The van der Waals surface area contributed by atoms with Gasteiger partial charge in [-0.15, -0.1) is 5.10 Å². The normalized spacial score (nSPS) is 10.9. The summed E-state index contributed by atoms with van der Waals surface area (Å²) in [5.41, 5.74) is 4.33. The molecule has 7 nitrogen and oxygen atoms in total. The SMILES string of the molecule is N#Cc1ccc(Cn2nc3c(-c4ccc(Cl)cc4)c(-c4ccc(Cl)cc4)cnn3c2=O)nc1. The lowest BCUT2D eigenvalue weighted by Gasteiger charge is -2.11. The Morgan fingerprint density at radius 3 is 2.15 bits per heavy atom. The minimum absolute atomic E-state index is 0.143. The Hall–Kier alpha value is -3.99. The van der Waals surface area contributed by atoms with Gasteiger partial charge in [-0.1, -0.05) is 47.5 Å². The topological polar surface area (TPSA) is 88.9 Å². The van der Waals surface area contributed by atoms with Crippen LogP contribution in [0.5, 0.6) is 0 Å². The summed E-state index contributed by atoms with van der Waals surface area (Å²) in [6.45, 7) is 0.143. The molecule has 9 heteroatoms. The van der Waals surface area contributed by atoms with Gasteiger partial charge in [0.15, 0.2) is 5.65 Å². The van der Waals surface area contributed by atoms with Crippen LogP contribution in [0.25, 0.3) is 27.9 Å². The van der Waals surface area contributed by atoms with Crippen LogP contribution in [0.15, 0.2) is 77.9 Å². The van der Waals surface area contributed by atoms with Crippen LogP contribution in [0.4, 0.5) is 0 Å². The van der Waals surface area contributed by atoms with E-state index in [9.17, 15) is 4.79 Å². The molecule has 0 spiro atoms. The van der Waals surface area contributed by atoms with Crippen LogP contribution in [-0.2, 0) is 6.54 Å². The molecule has 0 saturated heterocycles. The molecule has 0 unspecified atom stereocenters. The quantitative estimate of drug-likeness (QED) is 0.373. The summed E-state index contributed by atoms with van der Waals surface area (Å²) in [5.74, 6) is 0. The molecule has 33 heavy (non-hydrogen) atoms. The number of halogens is 2. The van der Waals surface area contributed by atoms with Crippen molar-refractivity contribution in [1.82, 2.24) is 24.4 Å². The maximum absolute atomic E-state index is 13.1. The first-order chi connectivity index (χ1) is 16.0. The van der Waals surface area contributed by atoms with E-state index in [0.717, 1.165) is 22.3 Å². The molecule has 0 atom stereocenters. The molecule has 0 saturated carbocycles. The van der Waals surface area contributed by atoms with Crippen LogP contribution >= 0.6 is 23.2 Å². The number of hydrogen-bond acceptors (Lipinski definition) is 5. The van der Waals surface area contributed by atoms with Gasteiger partial charge in [0.25, 0.3) is 0 Å². The molecule has 160 valence electrons. The van der Waals surface area contributed by atoms with Crippen LogP contribution in [-0.4, -0.2) is 24.4 Å². The van der Waals surface area contributed by atoms with Crippen molar-refractivity contribution in [2.75, 3.05) is 0 Å². The predicted molar refractivity (Wildman–Crippen MR) is 126 cm³/mol. The van der Waals surface area contributed by atoms with Gasteiger partial charge in [-0.05, 0) is 47.5 Å². The van der Waals surface area contributed by atoms with Crippen molar-refractivity contribution < 1.29 is 0 Å². The summed E-state index contributed by atoms with van der Waals surface area (Å²) in [4.78, 5) is 17.3. The lowest BCUT2D eigenvalue weighted by Crippen LogP contribution is -2.23. The summed E-state index contributed by atoms with van der Waals surface area (Å²) in [7, 11) is 0. The smallest absolute Gasteiger partial charge is 0.258 e. The van der Waals surface area contributed by atoms with Gasteiger partial charge < -0.3 is 0 Å². The van der Waals surface area contributed by atoms with Crippen molar-refractivity contribution >= 4 is 28.8 Å². The van der Waals surface area contributed by atoms with Crippen molar-refractivity contribution in [3.8, 4) is 28.3 Å². The summed E-state index contributed by atoms with van der Waals surface area (Å²) >= 11 is 12.2. The summed E-state index contributed by atoms with van der Waals surface area (Å²) in [5, 5.41) is 19.2. The fourth-order valence-electron chi connectivity index (χ4n) is 3.55. The molecule has 0 amide bonds. The van der Waals surface area contributed by atoms with Gasteiger partial charge in [0, 0.05) is 27.4 Å². The molecule has 0 aliphatic heterocycles. The van der Waals surface area contributed by atoms with E-state index >= 15 is 0 Å². The Bertz CT molecular complexity index is 1560. The molecule has 0 bridgehead atoms. The number of pyridine rings is 1. The second-order valence-electron chi connectivity index (χ2n) is 7.27. The lowest BCUT2D eigenvalue weighted by molar-refractivity contribution is 0.639. The van der Waals surface area contributed by atoms with Gasteiger partial charge in [0.1, 0.15) is 6.07 Å². The van der Waals surface area contributed by atoms with Crippen molar-refractivity contribution in [3.05, 3.63) is 105 Å². The zero-order valence-corrected chi connectivity index (χ0v) is 18.5. The molecule has 0 fully saturated rings. The Labute approximate surface area is 198 Å². The van der Waals surface area contributed by atoms with Gasteiger partial charge >= 0.3 is 5.69 Å². The first-order valence-electron chi connectivity index (χ1n) is 9.89. The second kappa shape index (κ2) is 8.51. The van der Waals surface area contributed by atoms with E-state index in [2.05, 4.69) is 15.2 Å². The standard InChI is InChI=1S/C24H14Cl2N6O/c25-18-6-2-16(3-7-18)21-13-29-32-23(22(21)17-4-8-19(26)9-5-17)30-31(24(32)33)14-20-10-1-15(11-27)12-28-20/h1-10,12-13H,14H2. The van der Waals surface area contributed by atoms with Crippen molar-refractivity contribution in [2.45, 2.75) is 6.54 Å². The highest BCUT2D eigenvalue weighted by atomic mass is 35.5. The first-order valence-corrected chi connectivity index (χ1v) is 10.6. The van der Waals surface area contributed by atoms with Crippen LogP contribution in [0.3, 0.4) is 0 Å². The highest BCUT2D eigenvalue weighted by Crippen LogP contribution is 2.34. The highest BCUT2D eigenvalue weighted by Gasteiger charge is 2.19. The average Bonchev–Trinajstić information content (AvgIpc) is 3.15. The Balaban J connectivity index is 1.71. The third-order valence-electron chi connectivity index (χ3n) is 5.17. The van der Waals surface area contributed by atoms with Crippen LogP contribution < -0.4 is 5.69 Å². The molecule has 5 rings (SSSR count). The van der Waals surface area contributed by atoms with E-state index < -0.39 is 5.69 Å². The van der Waals surface area contributed by atoms with E-state index in [1.54, 1.807) is 42.6 Å². The largest absolute Gasteiger partial charge is 0.367 e. The van der Waals surface area contributed by atoms with Gasteiger partial charge in [-0.25, -0.2) is 9.48 Å². The molecule has 0 N–H and O–H groups in total. The highest BCUT2D eigenvalue weighted by molar-refractivity contribution is 6.31. The molecule has 3 aromatic heterocycles. The predicted octanol–water partition coefficient (Wildman–Crippen LogP) is 4.85. The first kappa shape index (κ1) is 20.9. The second-order valence-corrected chi connectivity index (χ2v) is 8.15. The molecule has 3 heterocycles. The van der Waals surface area contributed by atoms with Crippen LogP contribution in [0.1, 0.15) is 11.3 Å². The number of rotatable bonds is 4. The molecule has 2 aromatic carbocycles.